The van der Waals surface area contributed by atoms with Gasteiger partial charge in [-0.2, -0.15) is 0 Å². The molecular weight excluding hydrogens is 298 g/mol. The molecule has 2 heterocycles. The first-order valence-corrected chi connectivity index (χ1v) is 8.66. The number of rotatable bonds is 5. The fourth-order valence-corrected chi connectivity index (χ4v) is 3.83. The van der Waals surface area contributed by atoms with Crippen molar-refractivity contribution in [3.8, 4) is 0 Å². The predicted octanol–water partition coefficient (Wildman–Crippen LogP) is 5.16. The molecule has 0 saturated heterocycles. The van der Waals surface area contributed by atoms with Crippen LogP contribution in [0.15, 0.2) is 54.7 Å². The minimum atomic E-state index is -0.678. The zero-order chi connectivity index (χ0) is 16.6. The third-order valence-corrected chi connectivity index (χ3v) is 5.01. The molecule has 4 rings (SSSR count). The van der Waals surface area contributed by atoms with Gasteiger partial charge in [0.1, 0.15) is 0 Å². The molecule has 3 heteroatoms. The number of hydrogen-bond acceptors (Lipinski definition) is 2. The number of unbranched alkanes of at least 4 members (excludes halogenated alkanes) is 2. The van der Waals surface area contributed by atoms with Crippen molar-refractivity contribution in [2.24, 2.45) is 0 Å². The first-order valence-electron chi connectivity index (χ1n) is 8.66. The van der Waals surface area contributed by atoms with Crippen LogP contribution in [0.1, 0.15) is 54.1 Å². The Balaban J connectivity index is 1.91. The van der Waals surface area contributed by atoms with Gasteiger partial charge in [0.25, 0.3) is 0 Å². The maximum Gasteiger partial charge on any atom is 0.339 e. The molecule has 24 heavy (non-hydrogen) atoms. The summed E-state index contributed by atoms with van der Waals surface area (Å²) in [6, 6.07) is 16.0. The molecule has 0 amide bonds. The van der Waals surface area contributed by atoms with Crippen molar-refractivity contribution in [2.45, 2.75) is 38.2 Å². The summed E-state index contributed by atoms with van der Waals surface area (Å²) in [7, 11) is 0. The smallest absolute Gasteiger partial charge is 0.339 e. The van der Waals surface area contributed by atoms with Crippen LogP contribution in [0.4, 0.5) is 0 Å². The molecule has 1 aliphatic rings. The number of ether oxygens (including phenoxy) is 1. The summed E-state index contributed by atoms with van der Waals surface area (Å²) >= 11 is 0. The first kappa shape index (κ1) is 15.0. The molecule has 0 fully saturated rings. The fraction of sp³-hybridized carbons (Fsp3) is 0.286. The highest BCUT2D eigenvalue weighted by Crippen LogP contribution is 2.47. The van der Waals surface area contributed by atoms with E-state index in [2.05, 4.69) is 24.0 Å². The highest BCUT2D eigenvalue weighted by molar-refractivity contribution is 5.97. The maximum absolute atomic E-state index is 12.5. The first-order chi connectivity index (χ1) is 11.8. The molecule has 0 bridgehead atoms. The minimum absolute atomic E-state index is 0.215. The largest absolute Gasteiger partial charge is 0.446 e. The number of hydrogen-bond donors (Lipinski definition) is 1. The number of para-hydroxylation sites is 1. The summed E-state index contributed by atoms with van der Waals surface area (Å²) < 4.78 is 6.06. The molecule has 2 aromatic carbocycles. The molecule has 1 atom stereocenters. The van der Waals surface area contributed by atoms with Gasteiger partial charge >= 0.3 is 5.97 Å². The Bertz CT molecular complexity index is 895. The normalized spacial score (nSPS) is 19.5. The summed E-state index contributed by atoms with van der Waals surface area (Å²) in [5, 5.41) is 1.12. The van der Waals surface area contributed by atoms with E-state index in [9.17, 15) is 4.79 Å². The third-order valence-electron chi connectivity index (χ3n) is 5.01. The van der Waals surface area contributed by atoms with E-state index in [1.54, 1.807) is 0 Å². The number of esters is 1. The van der Waals surface area contributed by atoms with Gasteiger partial charge in [0.2, 0.25) is 0 Å². The predicted molar refractivity (Wildman–Crippen MR) is 95.1 cm³/mol. The number of H-pyrrole nitrogens is 1. The quantitative estimate of drug-likeness (QED) is 0.521. The van der Waals surface area contributed by atoms with Gasteiger partial charge in [-0.1, -0.05) is 56.2 Å². The van der Waals surface area contributed by atoms with Crippen LogP contribution in [0.3, 0.4) is 0 Å². The number of aromatic amines is 1. The van der Waals surface area contributed by atoms with Crippen LogP contribution in [0.5, 0.6) is 0 Å². The molecule has 3 aromatic rings. The Labute approximate surface area is 141 Å². The van der Waals surface area contributed by atoms with Gasteiger partial charge in [0, 0.05) is 28.2 Å². The standard InChI is InChI=1S/C21H21NO2/c1-2-3-8-13-21(17-11-6-4-10-16(17)20(23)24-21)18-14-22-19-12-7-5-9-15(18)19/h4-7,9-12,14,22H,2-3,8,13H2,1H3. The Morgan fingerprint density at radius 3 is 2.67 bits per heavy atom. The van der Waals surface area contributed by atoms with E-state index in [1.165, 1.54) is 0 Å². The minimum Gasteiger partial charge on any atom is -0.446 e. The second kappa shape index (κ2) is 5.82. The SMILES string of the molecule is CCCCCC1(c2c[nH]c3ccccc23)OC(=O)c2ccccc21. The van der Waals surface area contributed by atoms with Crippen LogP contribution in [0.2, 0.25) is 0 Å². The van der Waals surface area contributed by atoms with Gasteiger partial charge < -0.3 is 9.72 Å². The Kier molecular flexibility index (Phi) is 3.64. The topological polar surface area (TPSA) is 42.1 Å². The number of cyclic esters (lactones) is 1. The molecule has 0 aliphatic carbocycles. The van der Waals surface area contributed by atoms with Crippen molar-refractivity contribution in [3.63, 3.8) is 0 Å². The highest BCUT2D eigenvalue weighted by atomic mass is 16.6. The summed E-state index contributed by atoms with van der Waals surface area (Å²) in [4.78, 5) is 15.8. The second-order valence-electron chi connectivity index (χ2n) is 6.47. The lowest BCUT2D eigenvalue weighted by molar-refractivity contribution is 0.00684. The monoisotopic (exact) mass is 319 g/mol. The Morgan fingerprint density at radius 1 is 1.00 bits per heavy atom. The fourth-order valence-electron chi connectivity index (χ4n) is 3.83. The van der Waals surface area contributed by atoms with E-state index in [0.29, 0.717) is 5.56 Å². The van der Waals surface area contributed by atoms with Crippen molar-refractivity contribution < 1.29 is 9.53 Å². The molecule has 1 aromatic heterocycles. The number of nitrogens with one attached hydrogen (secondary N) is 1. The van der Waals surface area contributed by atoms with E-state index in [4.69, 9.17) is 4.74 Å². The molecule has 3 nitrogen and oxygen atoms in total. The summed E-state index contributed by atoms with van der Waals surface area (Å²) in [6.45, 7) is 2.19. The molecule has 122 valence electrons. The van der Waals surface area contributed by atoms with Gasteiger partial charge in [-0.05, 0) is 25.0 Å². The summed E-state index contributed by atoms with van der Waals surface area (Å²) in [5.41, 5.74) is 3.15. The van der Waals surface area contributed by atoms with E-state index >= 15 is 0 Å². The van der Waals surface area contributed by atoms with Crippen LogP contribution in [0, 0.1) is 0 Å². The molecule has 0 radical (unpaired) electrons. The van der Waals surface area contributed by atoms with Gasteiger partial charge in [0.05, 0.1) is 5.56 Å². The average molecular weight is 319 g/mol. The van der Waals surface area contributed by atoms with Gasteiger partial charge in [0.15, 0.2) is 5.60 Å². The van der Waals surface area contributed by atoms with Gasteiger partial charge in [-0.25, -0.2) is 4.79 Å². The zero-order valence-electron chi connectivity index (χ0n) is 13.8. The number of fused-ring (bicyclic) bond motifs is 2. The molecule has 1 unspecified atom stereocenters. The van der Waals surface area contributed by atoms with E-state index in [0.717, 1.165) is 47.7 Å². The lowest BCUT2D eigenvalue weighted by Crippen LogP contribution is -2.27. The van der Waals surface area contributed by atoms with Crippen LogP contribution < -0.4 is 0 Å². The van der Waals surface area contributed by atoms with E-state index < -0.39 is 5.60 Å². The summed E-state index contributed by atoms with van der Waals surface area (Å²) in [5.74, 6) is -0.215. The number of carbonyl (C=O) groups excluding carboxylic acids is 1. The maximum atomic E-state index is 12.5. The van der Waals surface area contributed by atoms with E-state index in [-0.39, 0.29) is 5.97 Å². The molecule has 1 aliphatic heterocycles. The second-order valence-corrected chi connectivity index (χ2v) is 6.47. The molecule has 0 saturated carbocycles. The van der Waals surface area contributed by atoms with Crippen LogP contribution >= 0.6 is 0 Å². The van der Waals surface area contributed by atoms with Gasteiger partial charge in [-0.3, -0.25) is 0 Å². The number of carbonyl (C=O) groups is 1. The van der Waals surface area contributed by atoms with Crippen LogP contribution in [-0.2, 0) is 10.3 Å². The Morgan fingerprint density at radius 2 is 1.79 bits per heavy atom. The van der Waals surface area contributed by atoms with Crippen LogP contribution in [0.25, 0.3) is 10.9 Å². The van der Waals surface area contributed by atoms with E-state index in [1.807, 2.05) is 42.6 Å². The third kappa shape index (κ3) is 2.15. The number of aromatic nitrogens is 1. The molecule has 1 N–H and O–H groups in total. The Hall–Kier alpha value is -2.55. The number of benzene rings is 2. The zero-order valence-corrected chi connectivity index (χ0v) is 13.8. The molecule has 0 spiro atoms. The van der Waals surface area contributed by atoms with Crippen LogP contribution in [-0.4, -0.2) is 11.0 Å². The van der Waals surface area contributed by atoms with Crippen molar-refractivity contribution in [1.29, 1.82) is 0 Å². The lowest BCUT2D eigenvalue weighted by atomic mass is 9.81. The average Bonchev–Trinajstić information content (AvgIpc) is 3.16. The lowest BCUT2D eigenvalue weighted by Gasteiger charge is -2.29. The van der Waals surface area contributed by atoms with Crippen molar-refractivity contribution in [2.75, 3.05) is 0 Å². The van der Waals surface area contributed by atoms with Crippen molar-refractivity contribution >= 4 is 16.9 Å². The van der Waals surface area contributed by atoms with Crippen molar-refractivity contribution in [3.05, 3.63) is 71.4 Å². The molecular formula is C21H21NO2. The summed E-state index contributed by atoms with van der Waals surface area (Å²) in [6.07, 6.45) is 6.11. The van der Waals surface area contributed by atoms with Crippen molar-refractivity contribution in [1.82, 2.24) is 4.98 Å². The highest BCUT2D eigenvalue weighted by Gasteiger charge is 2.47. The van der Waals surface area contributed by atoms with Gasteiger partial charge in [-0.15, -0.1) is 0 Å².